The molecule has 0 fully saturated rings. The summed E-state index contributed by atoms with van der Waals surface area (Å²) in [5, 5.41) is 2.97. The van der Waals surface area contributed by atoms with Crippen LogP contribution in [0.5, 0.6) is 11.5 Å². The number of hydrogen-bond donors (Lipinski definition) is 1. The van der Waals surface area contributed by atoms with Gasteiger partial charge in [-0.2, -0.15) is 0 Å². The van der Waals surface area contributed by atoms with Crippen molar-refractivity contribution < 1.29 is 14.3 Å². The molecule has 0 aliphatic heterocycles. The largest absolute Gasteiger partial charge is 0.497 e. The van der Waals surface area contributed by atoms with Crippen LogP contribution in [0.15, 0.2) is 77.3 Å². The van der Waals surface area contributed by atoms with Crippen LogP contribution in [0.25, 0.3) is 11.0 Å². The van der Waals surface area contributed by atoms with Crippen molar-refractivity contribution in [1.82, 2.24) is 14.9 Å². The maximum Gasteiger partial charge on any atom is 0.251 e. The second kappa shape index (κ2) is 9.66. The molecule has 7 heteroatoms. The summed E-state index contributed by atoms with van der Waals surface area (Å²) in [7, 11) is 1.63. The number of methoxy groups -OCH3 is 1. The summed E-state index contributed by atoms with van der Waals surface area (Å²) >= 11 is 3.40. The van der Waals surface area contributed by atoms with Crippen LogP contribution >= 0.6 is 15.9 Å². The van der Waals surface area contributed by atoms with Gasteiger partial charge >= 0.3 is 0 Å². The Balaban J connectivity index is 1.48. The van der Waals surface area contributed by atoms with Crippen LogP contribution in [-0.4, -0.2) is 29.2 Å². The van der Waals surface area contributed by atoms with E-state index < -0.39 is 0 Å². The Labute approximate surface area is 188 Å². The standard InChI is InChI=1S/C24H22BrN3O3/c1-30-19-8-5-9-20(15-19)31-13-12-28-22-11-3-2-10-21(22)27-23(28)16-26-24(29)17-6-4-7-18(25)14-17/h2-11,14-15H,12-13,16H2,1H3,(H,26,29). The zero-order valence-corrected chi connectivity index (χ0v) is 18.6. The molecule has 0 atom stereocenters. The number of carbonyl (C=O) groups excluding carboxylic acids is 1. The highest BCUT2D eigenvalue weighted by molar-refractivity contribution is 9.10. The van der Waals surface area contributed by atoms with E-state index in [1.807, 2.05) is 60.7 Å². The number of nitrogens with zero attached hydrogens (tertiary/aromatic N) is 2. The van der Waals surface area contributed by atoms with Gasteiger partial charge in [-0.05, 0) is 42.5 Å². The van der Waals surface area contributed by atoms with Gasteiger partial charge in [0.15, 0.2) is 0 Å². The Morgan fingerprint density at radius 3 is 2.68 bits per heavy atom. The molecule has 0 saturated carbocycles. The van der Waals surface area contributed by atoms with E-state index in [2.05, 4.69) is 25.8 Å². The number of imidazole rings is 1. The van der Waals surface area contributed by atoms with E-state index in [-0.39, 0.29) is 5.91 Å². The average molecular weight is 480 g/mol. The Morgan fingerprint density at radius 2 is 1.84 bits per heavy atom. The fourth-order valence-electron chi connectivity index (χ4n) is 3.35. The molecular formula is C24H22BrN3O3. The lowest BCUT2D eigenvalue weighted by Gasteiger charge is -2.12. The van der Waals surface area contributed by atoms with E-state index in [1.54, 1.807) is 19.2 Å². The SMILES string of the molecule is COc1cccc(OCCn2c(CNC(=O)c3cccc(Br)c3)nc3ccccc32)c1. The molecule has 1 heterocycles. The molecule has 4 rings (SSSR count). The van der Waals surface area contributed by atoms with Gasteiger partial charge in [0.25, 0.3) is 5.91 Å². The van der Waals surface area contributed by atoms with Crippen LogP contribution in [0.4, 0.5) is 0 Å². The van der Waals surface area contributed by atoms with Crippen LogP contribution in [0.3, 0.4) is 0 Å². The molecule has 0 saturated heterocycles. The summed E-state index contributed by atoms with van der Waals surface area (Å²) in [6.07, 6.45) is 0. The monoisotopic (exact) mass is 479 g/mol. The molecule has 158 valence electrons. The Hall–Kier alpha value is -3.32. The number of ether oxygens (including phenoxy) is 2. The quantitative estimate of drug-likeness (QED) is 0.393. The van der Waals surface area contributed by atoms with Crippen LogP contribution in [0, 0.1) is 0 Å². The zero-order valence-electron chi connectivity index (χ0n) is 17.0. The molecule has 0 unspecified atom stereocenters. The first kappa shape index (κ1) is 20.9. The van der Waals surface area contributed by atoms with Gasteiger partial charge in [0.1, 0.15) is 23.9 Å². The molecule has 0 spiro atoms. The number of hydrogen-bond acceptors (Lipinski definition) is 4. The van der Waals surface area contributed by atoms with Gasteiger partial charge in [0.2, 0.25) is 0 Å². The van der Waals surface area contributed by atoms with Crippen molar-refractivity contribution in [3.8, 4) is 11.5 Å². The third-order valence-corrected chi connectivity index (χ3v) is 5.35. The van der Waals surface area contributed by atoms with E-state index in [1.165, 1.54) is 0 Å². The third-order valence-electron chi connectivity index (χ3n) is 4.85. The predicted octanol–water partition coefficient (Wildman–Crippen LogP) is 4.82. The van der Waals surface area contributed by atoms with Crippen molar-refractivity contribution in [3.05, 3.63) is 88.7 Å². The van der Waals surface area contributed by atoms with Crippen molar-refractivity contribution >= 4 is 32.9 Å². The fourth-order valence-corrected chi connectivity index (χ4v) is 3.75. The lowest BCUT2D eigenvalue weighted by Crippen LogP contribution is -2.25. The van der Waals surface area contributed by atoms with Gasteiger partial charge < -0.3 is 19.4 Å². The minimum atomic E-state index is -0.146. The van der Waals surface area contributed by atoms with Crippen LogP contribution in [0.2, 0.25) is 0 Å². The van der Waals surface area contributed by atoms with Crippen molar-refractivity contribution in [3.63, 3.8) is 0 Å². The summed E-state index contributed by atoms with van der Waals surface area (Å²) in [4.78, 5) is 17.3. The topological polar surface area (TPSA) is 65.4 Å². The Morgan fingerprint density at radius 1 is 1.03 bits per heavy atom. The number of carbonyl (C=O) groups is 1. The third kappa shape index (κ3) is 5.06. The second-order valence-corrected chi connectivity index (χ2v) is 7.80. The van der Waals surface area contributed by atoms with Gasteiger partial charge in [0.05, 0.1) is 31.2 Å². The summed E-state index contributed by atoms with van der Waals surface area (Å²) in [6, 6.07) is 22.7. The smallest absolute Gasteiger partial charge is 0.251 e. The van der Waals surface area contributed by atoms with Crippen molar-refractivity contribution in [2.24, 2.45) is 0 Å². The van der Waals surface area contributed by atoms with Crippen LogP contribution in [-0.2, 0) is 13.1 Å². The van der Waals surface area contributed by atoms with Crippen LogP contribution in [0.1, 0.15) is 16.2 Å². The molecule has 1 aromatic heterocycles. The minimum absolute atomic E-state index is 0.146. The predicted molar refractivity (Wildman–Crippen MR) is 124 cm³/mol. The normalized spacial score (nSPS) is 10.8. The van der Waals surface area contributed by atoms with Crippen LogP contribution < -0.4 is 14.8 Å². The molecule has 0 bridgehead atoms. The van der Waals surface area contributed by atoms with E-state index >= 15 is 0 Å². The van der Waals surface area contributed by atoms with Crippen molar-refractivity contribution in [1.29, 1.82) is 0 Å². The van der Waals surface area contributed by atoms with E-state index in [0.717, 1.165) is 32.8 Å². The fraction of sp³-hybridized carbons (Fsp3) is 0.167. The molecule has 0 radical (unpaired) electrons. The van der Waals surface area contributed by atoms with Gasteiger partial charge in [-0.3, -0.25) is 4.79 Å². The molecule has 0 aliphatic rings. The van der Waals surface area contributed by atoms with Crippen molar-refractivity contribution in [2.75, 3.05) is 13.7 Å². The average Bonchev–Trinajstić information content (AvgIpc) is 3.15. The van der Waals surface area contributed by atoms with Gasteiger partial charge in [-0.1, -0.05) is 40.2 Å². The number of fused-ring (bicyclic) bond motifs is 1. The summed E-state index contributed by atoms with van der Waals surface area (Å²) in [6.45, 7) is 1.37. The lowest BCUT2D eigenvalue weighted by atomic mass is 10.2. The number of aromatic nitrogens is 2. The number of nitrogens with one attached hydrogen (secondary N) is 1. The highest BCUT2D eigenvalue weighted by Crippen LogP contribution is 2.20. The minimum Gasteiger partial charge on any atom is -0.497 e. The molecule has 1 N–H and O–H groups in total. The van der Waals surface area contributed by atoms with Gasteiger partial charge in [-0.15, -0.1) is 0 Å². The maximum absolute atomic E-state index is 12.6. The van der Waals surface area contributed by atoms with E-state index in [0.29, 0.717) is 25.3 Å². The first-order valence-electron chi connectivity index (χ1n) is 9.89. The highest BCUT2D eigenvalue weighted by Gasteiger charge is 2.13. The Bertz CT molecular complexity index is 1210. The first-order chi connectivity index (χ1) is 15.1. The summed E-state index contributed by atoms with van der Waals surface area (Å²) < 4.78 is 14.1. The number of benzene rings is 3. The molecule has 6 nitrogen and oxygen atoms in total. The molecule has 31 heavy (non-hydrogen) atoms. The number of rotatable bonds is 8. The molecule has 3 aromatic carbocycles. The van der Waals surface area contributed by atoms with Gasteiger partial charge in [-0.25, -0.2) is 4.98 Å². The molecular weight excluding hydrogens is 458 g/mol. The number of halogens is 1. The zero-order chi connectivity index (χ0) is 21.6. The second-order valence-electron chi connectivity index (χ2n) is 6.89. The van der Waals surface area contributed by atoms with Gasteiger partial charge in [0, 0.05) is 16.1 Å². The van der Waals surface area contributed by atoms with E-state index in [9.17, 15) is 4.79 Å². The Kier molecular flexibility index (Phi) is 6.52. The molecule has 0 aliphatic carbocycles. The molecule has 4 aromatic rings. The number of para-hydroxylation sites is 2. The highest BCUT2D eigenvalue weighted by atomic mass is 79.9. The number of amides is 1. The summed E-state index contributed by atoms with van der Waals surface area (Å²) in [5.74, 6) is 2.13. The van der Waals surface area contributed by atoms with Crippen molar-refractivity contribution in [2.45, 2.75) is 13.1 Å². The summed E-state index contributed by atoms with van der Waals surface area (Å²) in [5.41, 5.74) is 2.48. The van der Waals surface area contributed by atoms with E-state index in [4.69, 9.17) is 14.5 Å². The first-order valence-corrected chi connectivity index (χ1v) is 10.7. The lowest BCUT2D eigenvalue weighted by molar-refractivity contribution is 0.0949. The maximum atomic E-state index is 12.6. The molecule has 1 amide bonds.